The van der Waals surface area contributed by atoms with E-state index in [1.165, 1.54) is 25.7 Å². The molecule has 0 spiro atoms. The van der Waals surface area contributed by atoms with Crippen LogP contribution in [-0.4, -0.2) is 18.0 Å². The monoisotopic (exact) mass is 248 g/mol. The van der Waals surface area contributed by atoms with Crippen molar-refractivity contribution in [2.24, 2.45) is 5.92 Å². The summed E-state index contributed by atoms with van der Waals surface area (Å²) >= 11 is 0. The van der Waals surface area contributed by atoms with Gasteiger partial charge in [0.25, 0.3) is 0 Å². The quantitative estimate of drug-likeness (QED) is 0.869. The molecule has 4 nitrogen and oxygen atoms in total. The van der Waals surface area contributed by atoms with E-state index < -0.39 is 0 Å². The highest BCUT2D eigenvalue weighted by atomic mass is 16.5. The molecule has 4 heteroatoms. The molecule has 1 fully saturated rings. The molecule has 1 aromatic rings. The number of nitrogens with one attached hydrogen (secondary N) is 1. The van der Waals surface area contributed by atoms with Gasteiger partial charge >= 0.3 is 0 Å². The first kappa shape index (κ1) is 12.9. The number of carbonyl (C=O) groups is 1. The Labute approximate surface area is 108 Å². The van der Waals surface area contributed by atoms with Crippen LogP contribution >= 0.6 is 0 Å². The minimum absolute atomic E-state index is 0.151. The third-order valence-corrected chi connectivity index (χ3v) is 3.45. The van der Waals surface area contributed by atoms with Crippen LogP contribution in [-0.2, 0) is 11.3 Å². The zero-order valence-electron chi connectivity index (χ0n) is 10.8. The Morgan fingerprint density at radius 2 is 2.22 bits per heavy atom. The maximum Gasteiger partial charge on any atom is 0.220 e. The Balaban J connectivity index is 1.74. The van der Waals surface area contributed by atoms with E-state index in [-0.39, 0.29) is 5.91 Å². The molecule has 1 N–H and O–H groups in total. The van der Waals surface area contributed by atoms with Crippen LogP contribution in [0, 0.1) is 5.92 Å². The molecule has 1 aliphatic rings. The molecule has 98 valence electrons. The Hall–Kier alpha value is -1.58. The summed E-state index contributed by atoms with van der Waals surface area (Å²) in [7, 11) is 1.59. The minimum Gasteiger partial charge on any atom is -0.481 e. The van der Waals surface area contributed by atoms with Gasteiger partial charge in [0.1, 0.15) is 0 Å². The van der Waals surface area contributed by atoms with Crippen molar-refractivity contribution in [3.63, 3.8) is 0 Å². The molecule has 18 heavy (non-hydrogen) atoms. The van der Waals surface area contributed by atoms with E-state index in [1.54, 1.807) is 19.4 Å². The average Bonchev–Trinajstić information content (AvgIpc) is 2.90. The lowest BCUT2D eigenvalue weighted by atomic mass is 10.0. The molecule has 0 unspecified atom stereocenters. The Kier molecular flexibility index (Phi) is 4.56. The van der Waals surface area contributed by atoms with Gasteiger partial charge in [-0.3, -0.25) is 4.79 Å². The van der Waals surface area contributed by atoms with Gasteiger partial charge in [-0.15, -0.1) is 0 Å². The Morgan fingerprint density at radius 3 is 2.83 bits per heavy atom. The zero-order chi connectivity index (χ0) is 12.8. The van der Waals surface area contributed by atoms with E-state index in [0.29, 0.717) is 24.8 Å². The topological polar surface area (TPSA) is 51.2 Å². The lowest BCUT2D eigenvalue weighted by Gasteiger charge is -2.09. The second-order valence-electron chi connectivity index (χ2n) is 4.84. The number of amides is 1. The molecule has 1 aliphatic carbocycles. The third-order valence-electron chi connectivity index (χ3n) is 3.45. The number of carbonyl (C=O) groups excluding carboxylic acids is 1. The molecule has 1 heterocycles. The number of hydrogen-bond donors (Lipinski definition) is 1. The fourth-order valence-electron chi connectivity index (χ4n) is 2.39. The number of rotatable bonds is 5. The smallest absolute Gasteiger partial charge is 0.220 e. The largest absolute Gasteiger partial charge is 0.481 e. The average molecular weight is 248 g/mol. The first-order chi connectivity index (χ1) is 8.78. The SMILES string of the molecule is COc1ccc(CNC(=O)CC2CCCC2)cn1. The van der Waals surface area contributed by atoms with Crippen LogP contribution in [0.4, 0.5) is 0 Å². The van der Waals surface area contributed by atoms with Gasteiger partial charge in [0.05, 0.1) is 7.11 Å². The molecular formula is C14H20N2O2. The predicted molar refractivity (Wildman–Crippen MR) is 69.2 cm³/mol. The van der Waals surface area contributed by atoms with Gasteiger partial charge in [-0.05, 0) is 24.3 Å². The fraction of sp³-hybridized carbons (Fsp3) is 0.571. The van der Waals surface area contributed by atoms with Crippen molar-refractivity contribution in [1.82, 2.24) is 10.3 Å². The highest BCUT2D eigenvalue weighted by Crippen LogP contribution is 2.27. The normalized spacial score (nSPS) is 15.6. The molecular weight excluding hydrogens is 228 g/mol. The van der Waals surface area contributed by atoms with Crippen molar-refractivity contribution in [2.45, 2.75) is 38.6 Å². The number of aromatic nitrogens is 1. The van der Waals surface area contributed by atoms with Gasteiger partial charge in [0.2, 0.25) is 11.8 Å². The summed E-state index contributed by atoms with van der Waals surface area (Å²) in [4.78, 5) is 15.8. The van der Waals surface area contributed by atoms with Gasteiger partial charge < -0.3 is 10.1 Å². The maximum absolute atomic E-state index is 11.7. The van der Waals surface area contributed by atoms with E-state index in [0.717, 1.165) is 5.56 Å². The molecule has 1 aromatic heterocycles. The first-order valence-corrected chi connectivity index (χ1v) is 6.53. The standard InChI is InChI=1S/C14H20N2O2/c1-18-14-7-6-12(10-16-14)9-15-13(17)8-11-4-2-3-5-11/h6-7,10-11H,2-5,8-9H2,1H3,(H,15,17). The molecule has 2 rings (SSSR count). The van der Waals surface area contributed by atoms with Gasteiger partial charge in [-0.25, -0.2) is 4.98 Å². The van der Waals surface area contributed by atoms with Crippen LogP contribution in [0.15, 0.2) is 18.3 Å². The molecule has 0 aliphatic heterocycles. The second kappa shape index (κ2) is 6.38. The highest BCUT2D eigenvalue weighted by Gasteiger charge is 2.17. The summed E-state index contributed by atoms with van der Waals surface area (Å²) in [5.74, 6) is 1.34. The van der Waals surface area contributed by atoms with Crippen LogP contribution < -0.4 is 10.1 Å². The summed E-state index contributed by atoms with van der Waals surface area (Å²) in [6, 6.07) is 3.72. The number of methoxy groups -OCH3 is 1. The van der Waals surface area contributed by atoms with Crippen molar-refractivity contribution in [3.8, 4) is 5.88 Å². The number of nitrogens with zero attached hydrogens (tertiary/aromatic N) is 1. The molecule has 1 amide bonds. The molecule has 0 bridgehead atoms. The van der Waals surface area contributed by atoms with Gasteiger partial charge in [-0.2, -0.15) is 0 Å². The van der Waals surface area contributed by atoms with Crippen molar-refractivity contribution in [1.29, 1.82) is 0 Å². The maximum atomic E-state index is 11.7. The minimum atomic E-state index is 0.151. The van der Waals surface area contributed by atoms with Crippen LogP contribution in [0.3, 0.4) is 0 Å². The van der Waals surface area contributed by atoms with Crippen LogP contribution in [0.1, 0.15) is 37.7 Å². The summed E-state index contributed by atoms with van der Waals surface area (Å²) in [6.45, 7) is 0.544. The number of pyridine rings is 1. The fourth-order valence-corrected chi connectivity index (χ4v) is 2.39. The molecule has 1 saturated carbocycles. The van der Waals surface area contributed by atoms with E-state index in [4.69, 9.17) is 4.74 Å². The summed E-state index contributed by atoms with van der Waals surface area (Å²) in [5, 5.41) is 2.94. The van der Waals surface area contributed by atoms with E-state index in [9.17, 15) is 4.79 Å². The first-order valence-electron chi connectivity index (χ1n) is 6.53. The summed E-state index contributed by atoms with van der Waals surface area (Å²) in [6.07, 6.45) is 7.37. The van der Waals surface area contributed by atoms with Crippen LogP contribution in [0.2, 0.25) is 0 Å². The van der Waals surface area contributed by atoms with Gasteiger partial charge in [-0.1, -0.05) is 18.9 Å². The van der Waals surface area contributed by atoms with Crippen LogP contribution in [0.5, 0.6) is 5.88 Å². The van der Waals surface area contributed by atoms with Gasteiger partial charge in [0.15, 0.2) is 0 Å². The molecule has 0 atom stereocenters. The third kappa shape index (κ3) is 3.72. The summed E-state index contributed by atoms with van der Waals surface area (Å²) < 4.78 is 4.98. The van der Waals surface area contributed by atoms with Crippen molar-refractivity contribution < 1.29 is 9.53 Å². The van der Waals surface area contributed by atoms with E-state index in [1.807, 2.05) is 6.07 Å². The lowest BCUT2D eigenvalue weighted by molar-refractivity contribution is -0.122. The number of hydrogen-bond acceptors (Lipinski definition) is 3. The predicted octanol–water partition coefficient (Wildman–Crippen LogP) is 2.29. The summed E-state index contributed by atoms with van der Waals surface area (Å²) in [5.41, 5.74) is 0.996. The van der Waals surface area contributed by atoms with Crippen molar-refractivity contribution >= 4 is 5.91 Å². The molecule has 0 saturated heterocycles. The lowest BCUT2D eigenvalue weighted by Crippen LogP contribution is -2.24. The van der Waals surface area contributed by atoms with Crippen molar-refractivity contribution in [3.05, 3.63) is 23.9 Å². The van der Waals surface area contributed by atoms with Gasteiger partial charge in [0, 0.05) is 25.2 Å². The Bertz CT molecular complexity index is 383. The van der Waals surface area contributed by atoms with Crippen molar-refractivity contribution in [2.75, 3.05) is 7.11 Å². The van der Waals surface area contributed by atoms with E-state index >= 15 is 0 Å². The highest BCUT2D eigenvalue weighted by molar-refractivity contribution is 5.76. The second-order valence-corrected chi connectivity index (χ2v) is 4.84. The van der Waals surface area contributed by atoms with Crippen LogP contribution in [0.25, 0.3) is 0 Å². The zero-order valence-corrected chi connectivity index (χ0v) is 10.8. The number of ether oxygens (including phenoxy) is 1. The molecule has 0 aromatic carbocycles. The Morgan fingerprint density at radius 1 is 1.44 bits per heavy atom. The van der Waals surface area contributed by atoms with E-state index in [2.05, 4.69) is 10.3 Å². The molecule has 0 radical (unpaired) electrons.